The van der Waals surface area contributed by atoms with Gasteiger partial charge in [0.1, 0.15) is 0 Å². The standard InChI is InChI=1S/C9H10BrNO/c1-11-9(12)8-5-3-2-4-7(8)6-10/h2-5H,6H2,1H3,(H,11,12). The maximum atomic E-state index is 11.3. The predicted octanol–water partition coefficient (Wildman–Crippen LogP) is 1.94. The van der Waals surface area contributed by atoms with E-state index in [1.54, 1.807) is 7.05 Å². The van der Waals surface area contributed by atoms with Gasteiger partial charge in [-0.3, -0.25) is 4.79 Å². The Balaban J connectivity index is 3.04. The Kier molecular flexibility index (Phi) is 3.29. The first-order valence-electron chi connectivity index (χ1n) is 3.65. The van der Waals surface area contributed by atoms with Gasteiger partial charge in [-0.25, -0.2) is 0 Å². The van der Waals surface area contributed by atoms with Crippen molar-refractivity contribution in [1.82, 2.24) is 5.32 Å². The summed E-state index contributed by atoms with van der Waals surface area (Å²) in [5.41, 5.74) is 1.74. The Morgan fingerprint density at radius 2 is 2.17 bits per heavy atom. The molecule has 0 heterocycles. The number of hydrogen-bond acceptors (Lipinski definition) is 1. The van der Waals surface area contributed by atoms with E-state index in [1.807, 2.05) is 24.3 Å². The lowest BCUT2D eigenvalue weighted by molar-refractivity contribution is 0.0962. The molecule has 1 aromatic rings. The van der Waals surface area contributed by atoms with Gasteiger partial charge < -0.3 is 5.32 Å². The van der Waals surface area contributed by atoms with Crippen molar-refractivity contribution in [2.45, 2.75) is 5.33 Å². The number of alkyl halides is 1. The van der Waals surface area contributed by atoms with Crippen LogP contribution in [0.15, 0.2) is 24.3 Å². The third-order valence-corrected chi connectivity index (χ3v) is 2.24. The van der Waals surface area contributed by atoms with Gasteiger partial charge >= 0.3 is 0 Å². The molecule has 0 saturated heterocycles. The zero-order chi connectivity index (χ0) is 8.97. The number of nitrogens with one attached hydrogen (secondary N) is 1. The molecule has 0 aliphatic carbocycles. The highest BCUT2D eigenvalue weighted by Crippen LogP contribution is 2.11. The fraction of sp³-hybridized carbons (Fsp3) is 0.222. The molecule has 0 saturated carbocycles. The molecule has 0 unspecified atom stereocenters. The maximum absolute atomic E-state index is 11.3. The molecular weight excluding hydrogens is 218 g/mol. The quantitative estimate of drug-likeness (QED) is 0.770. The molecule has 0 aliphatic heterocycles. The fourth-order valence-electron chi connectivity index (χ4n) is 0.993. The van der Waals surface area contributed by atoms with Crippen molar-refractivity contribution in [3.63, 3.8) is 0 Å². The van der Waals surface area contributed by atoms with E-state index in [0.717, 1.165) is 11.1 Å². The topological polar surface area (TPSA) is 29.1 Å². The molecule has 1 rings (SSSR count). The van der Waals surface area contributed by atoms with E-state index in [9.17, 15) is 4.79 Å². The summed E-state index contributed by atoms with van der Waals surface area (Å²) in [5.74, 6) is -0.0370. The van der Waals surface area contributed by atoms with E-state index >= 15 is 0 Å². The molecule has 12 heavy (non-hydrogen) atoms. The monoisotopic (exact) mass is 227 g/mol. The van der Waals surface area contributed by atoms with E-state index in [-0.39, 0.29) is 5.91 Å². The summed E-state index contributed by atoms with van der Waals surface area (Å²) in [4.78, 5) is 11.3. The maximum Gasteiger partial charge on any atom is 0.251 e. The fourth-order valence-corrected chi connectivity index (χ4v) is 1.48. The van der Waals surface area contributed by atoms with Gasteiger partial charge in [0.15, 0.2) is 0 Å². The summed E-state index contributed by atoms with van der Waals surface area (Å²) >= 11 is 3.33. The molecule has 1 amide bonds. The SMILES string of the molecule is CNC(=O)c1ccccc1CBr. The molecule has 1 N–H and O–H groups in total. The van der Waals surface area contributed by atoms with Gasteiger partial charge in [-0.2, -0.15) is 0 Å². The number of amides is 1. The van der Waals surface area contributed by atoms with E-state index in [4.69, 9.17) is 0 Å². The Bertz CT molecular complexity index is 286. The lowest BCUT2D eigenvalue weighted by atomic mass is 10.1. The van der Waals surface area contributed by atoms with Crippen molar-refractivity contribution >= 4 is 21.8 Å². The van der Waals surface area contributed by atoms with Crippen LogP contribution < -0.4 is 5.32 Å². The first-order chi connectivity index (χ1) is 5.79. The van der Waals surface area contributed by atoms with Crippen LogP contribution in [0.4, 0.5) is 0 Å². The van der Waals surface area contributed by atoms with Crippen LogP contribution in [0.25, 0.3) is 0 Å². The van der Waals surface area contributed by atoms with E-state index in [0.29, 0.717) is 5.33 Å². The van der Waals surface area contributed by atoms with Crippen LogP contribution in [0.1, 0.15) is 15.9 Å². The third kappa shape index (κ3) is 1.85. The van der Waals surface area contributed by atoms with Crippen molar-refractivity contribution in [2.24, 2.45) is 0 Å². The summed E-state index contributed by atoms with van der Waals surface area (Å²) in [7, 11) is 1.63. The number of hydrogen-bond donors (Lipinski definition) is 1. The number of halogens is 1. The summed E-state index contributed by atoms with van der Waals surface area (Å²) < 4.78 is 0. The minimum absolute atomic E-state index is 0.0370. The highest BCUT2D eigenvalue weighted by Gasteiger charge is 2.06. The summed E-state index contributed by atoms with van der Waals surface area (Å²) in [5, 5.41) is 3.30. The van der Waals surface area contributed by atoms with Crippen LogP contribution in [-0.4, -0.2) is 13.0 Å². The zero-order valence-corrected chi connectivity index (χ0v) is 8.39. The van der Waals surface area contributed by atoms with Gasteiger partial charge in [-0.15, -0.1) is 0 Å². The van der Waals surface area contributed by atoms with Crippen LogP contribution in [0.5, 0.6) is 0 Å². The molecular formula is C9H10BrNO. The molecule has 3 heteroatoms. The van der Waals surface area contributed by atoms with Gasteiger partial charge in [0.05, 0.1) is 0 Å². The lowest BCUT2D eigenvalue weighted by Crippen LogP contribution is -2.19. The van der Waals surface area contributed by atoms with Crippen molar-refractivity contribution in [1.29, 1.82) is 0 Å². The molecule has 0 atom stereocenters. The first kappa shape index (κ1) is 9.26. The Labute approximate surface area is 80.1 Å². The highest BCUT2D eigenvalue weighted by molar-refractivity contribution is 9.08. The van der Waals surface area contributed by atoms with Crippen molar-refractivity contribution in [2.75, 3.05) is 7.05 Å². The molecule has 0 fully saturated rings. The van der Waals surface area contributed by atoms with Gasteiger partial charge in [0.2, 0.25) is 0 Å². The predicted molar refractivity (Wildman–Crippen MR) is 52.5 cm³/mol. The molecule has 0 aromatic heterocycles. The Morgan fingerprint density at radius 3 is 2.75 bits per heavy atom. The summed E-state index contributed by atoms with van der Waals surface area (Å²) in [6.45, 7) is 0. The average Bonchev–Trinajstić information content (AvgIpc) is 2.16. The van der Waals surface area contributed by atoms with Crippen LogP contribution >= 0.6 is 15.9 Å². The largest absolute Gasteiger partial charge is 0.355 e. The minimum atomic E-state index is -0.0370. The molecule has 0 spiro atoms. The normalized spacial score (nSPS) is 9.50. The van der Waals surface area contributed by atoms with E-state index < -0.39 is 0 Å². The van der Waals surface area contributed by atoms with Gasteiger partial charge in [-0.05, 0) is 11.6 Å². The number of rotatable bonds is 2. The Morgan fingerprint density at radius 1 is 1.50 bits per heavy atom. The second-order valence-corrected chi connectivity index (χ2v) is 2.93. The summed E-state index contributed by atoms with van der Waals surface area (Å²) in [6.07, 6.45) is 0. The molecule has 64 valence electrons. The van der Waals surface area contributed by atoms with Crippen molar-refractivity contribution < 1.29 is 4.79 Å². The van der Waals surface area contributed by atoms with E-state index in [1.165, 1.54) is 0 Å². The molecule has 0 radical (unpaired) electrons. The van der Waals surface area contributed by atoms with Crippen molar-refractivity contribution in [3.8, 4) is 0 Å². The number of carbonyl (C=O) groups is 1. The van der Waals surface area contributed by atoms with Crippen molar-refractivity contribution in [3.05, 3.63) is 35.4 Å². The molecule has 1 aromatic carbocycles. The summed E-state index contributed by atoms with van der Waals surface area (Å²) in [6, 6.07) is 7.52. The molecule has 2 nitrogen and oxygen atoms in total. The third-order valence-electron chi connectivity index (χ3n) is 1.63. The van der Waals surface area contributed by atoms with Crippen LogP contribution in [-0.2, 0) is 5.33 Å². The Hall–Kier alpha value is -0.830. The second kappa shape index (κ2) is 4.26. The number of benzene rings is 1. The van der Waals surface area contributed by atoms with Crippen LogP contribution in [0.2, 0.25) is 0 Å². The highest BCUT2D eigenvalue weighted by atomic mass is 79.9. The average molecular weight is 228 g/mol. The number of carbonyl (C=O) groups excluding carboxylic acids is 1. The van der Waals surface area contributed by atoms with Crippen LogP contribution in [0, 0.1) is 0 Å². The first-order valence-corrected chi connectivity index (χ1v) is 4.77. The van der Waals surface area contributed by atoms with Crippen LogP contribution in [0.3, 0.4) is 0 Å². The second-order valence-electron chi connectivity index (χ2n) is 2.37. The van der Waals surface area contributed by atoms with Gasteiger partial charge in [-0.1, -0.05) is 34.1 Å². The van der Waals surface area contributed by atoms with Gasteiger partial charge in [0, 0.05) is 17.9 Å². The molecule has 0 aliphatic rings. The molecule has 0 bridgehead atoms. The van der Waals surface area contributed by atoms with E-state index in [2.05, 4.69) is 21.2 Å². The van der Waals surface area contributed by atoms with Gasteiger partial charge in [0.25, 0.3) is 5.91 Å². The smallest absolute Gasteiger partial charge is 0.251 e. The lowest BCUT2D eigenvalue weighted by Gasteiger charge is -2.03. The zero-order valence-electron chi connectivity index (χ0n) is 6.80. The minimum Gasteiger partial charge on any atom is -0.355 e.